The first-order chi connectivity index (χ1) is 7.45. The van der Waals surface area contributed by atoms with Crippen LogP contribution in [0, 0.1) is 0 Å². The second kappa shape index (κ2) is 3.92. The van der Waals surface area contributed by atoms with Gasteiger partial charge in [-0.05, 0) is 19.3 Å². The molecule has 16 heavy (non-hydrogen) atoms. The van der Waals surface area contributed by atoms with Gasteiger partial charge in [0.25, 0.3) is 0 Å². The summed E-state index contributed by atoms with van der Waals surface area (Å²) >= 11 is 0. The molecule has 0 atom stereocenters. The maximum atomic E-state index is 5.80. The fourth-order valence-electron chi connectivity index (χ4n) is 1.64. The average Bonchev–Trinajstić information content (AvgIpc) is 2.09. The first-order valence-electron chi connectivity index (χ1n) is 5.87. The van der Waals surface area contributed by atoms with E-state index in [-0.39, 0.29) is 5.41 Å². The smallest absolute Gasteiger partial charge is 0.138 e. The number of hydrogen-bond donors (Lipinski definition) is 2. The van der Waals surface area contributed by atoms with Gasteiger partial charge in [0.2, 0.25) is 0 Å². The van der Waals surface area contributed by atoms with Crippen LogP contribution >= 0.6 is 0 Å². The molecule has 1 aromatic heterocycles. The number of nitrogen functional groups attached to an aromatic ring is 1. The van der Waals surface area contributed by atoms with Gasteiger partial charge in [0.05, 0.1) is 0 Å². The minimum atomic E-state index is -0.0641. The highest BCUT2D eigenvalue weighted by Gasteiger charge is 2.21. The first-order valence-corrected chi connectivity index (χ1v) is 5.87. The quantitative estimate of drug-likeness (QED) is 0.803. The van der Waals surface area contributed by atoms with E-state index >= 15 is 0 Å². The lowest BCUT2D eigenvalue weighted by Crippen LogP contribution is -2.28. The van der Waals surface area contributed by atoms with Crippen molar-refractivity contribution in [2.24, 2.45) is 0 Å². The summed E-state index contributed by atoms with van der Waals surface area (Å²) in [6, 6.07) is 2.38. The zero-order valence-electron chi connectivity index (χ0n) is 10.2. The summed E-state index contributed by atoms with van der Waals surface area (Å²) in [5.41, 5.74) is 5.74. The predicted molar refractivity (Wildman–Crippen MR) is 66.4 cm³/mol. The molecule has 88 valence electrons. The SMILES string of the molecule is CC(C)(C)c1nc(N)cc(NC2CCC2)n1. The standard InChI is InChI=1S/C12H20N4/c1-12(2,3)11-15-9(13)7-10(16-11)14-8-5-4-6-8/h7-8H,4-6H2,1-3H3,(H3,13,14,15,16). The largest absolute Gasteiger partial charge is 0.384 e. The van der Waals surface area contributed by atoms with Gasteiger partial charge in [-0.2, -0.15) is 0 Å². The number of aromatic nitrogens is 2. The predicted octanol–water partition coefficient (Wildman–Crippen LogP) is 2.32. The summed E-state index contributed by atoms with van der Waals surface area (Å²) in [7, 11) is 0. The van der Waals surface area contributed by atoms with Gasteiger partial charge in [-0.25, -0.2) is 9.97 Å². The molecule has 1 saturated carbocycles. The molecule has 0 unspecified atom stereocenters. The van der Waals surface area contributed by atoms with E-state index in [9.17, 15) is 0 Å². The molecule has 0 aliphatic heterocycles. The van der Waals surface area contributed by atoms with Crippen molar-refractivity contribution in [3.05, 3.63) is 11.9 Å². The van der Waals surface area contributed by atoms with Crippen molar-refractivity contribution in [1.29, 1.82) is 0 Å². The molecule has 2 rings (SSSR count). The summed E-state index contributed by atoms with van der Waals surface area (Å²) < 4.78 is 0. The summed E-state index contributed by atoms with van der Waals surface area (Å²) in [5.74, 6) is 2.21. The topological polar surface area (TPSA) is 63.8 Å². The molecule has 1 aromatic rings. The summed E-state index contributed by atoms with van der Waals surface area (Å²) in [6.07, 6.45) is 3.77. The monoisotopic (exact) mass is 220 g/mol. The van der Waals surface area contributed by atoms with E-state index in [1.54, 1.807) is 0 Å². The molecule has 0 bridgehead atoms. The third-order valence-electron chi connectivity index (χ3n) is 2.87. The number of nitrogens with zero attached hydrogens (tertiary/aromatic N) is 2. The van der Waals surface area contributed by atoms with Crippen LogP contribution < -0.4 is 11.1 Å². The fourth-order valence-corrected chi connectivity index (χ4v) is 1.64. The van der Waals surface area contributed by atoms with E-state index in [0.717, 1.165) is 11.6 Å². The van der Waals surface area contributed by atoms with Crippen LogP contribution in [0.2, 0.25) is 0 Å². The van der Waals surface area contributed by atoms with Crippen molar-refractivity contribution in [2.75, 3.05) is 11.1 Å². The Kier molecular flexibility index (Phi) is 2.74. The Bertz CT molecular complexity index is 377. The van der Waals surface area contributed by atoms with E-state index in [1.165, 1.54) is 19.3 Å². The molecule has 3 N–H and O–H groups in total. The lowest BCUT2D eigenvalue weighted by atomic mass is 9.93. The number of rotatable bonds is 2. The number of nitrogens with one attached hydrogen (secondary N) is 1. The van der Waals surface area contributed by atoms with Gasteiger partial charge in [0.1, 0.15) is 17.5 Å². The molecule has 0 saturated heterocycles. The lowest BCUT2D eigenvalue weighted by molar-refractivity contribution is 0.443. The van der Waals surface area contributed by atoms with Gasteiger partial charge in [0, 0.05) is 17.5 Å². The zero-order valence-corrected chi connectivity index (χ0v) is 10.2. The fraction of sp³-hybridized carbons (Fsp3) is 0.667. The Morgan fingerprint density at radius 2 is 2.00 bits per heavy atom. The van der Waals surface area contributed by atoms with Crippen molar-refractivity contribution in [3.63, 3.8) is 0 Å². The highest BCUT2D eigenvalue weighted by molar-refractivity contribution is 5.46. The number of anilines is 2. The van der Waals surface area contributed by atoms with Gasteiger partial charge in [-0.15, -0.1) is 0 Å². The Balaban J connectivity index is 2.21. The Morgan fingerprint density at radius 1 is 1.31 bits per heavy atom. The van der Waals surface area contributed by atoms with E-state index in [0.29, 0.717) is 11.9 Å². The highest BCUT2D eigenvalue weighted by atomic mass is 15.1. The Hall–Kier alpha value is -1.32. The van der Waals surface area contributed by atoms with Crippen molar-refractivity contribution in [3.8, 4) is 0 Å². The minimum absolute atomic E-state index is 0.0641. The highest BCUT2D eigenvalue weighted by Crippen LogP contribution is 2.25. The van der Waals surface area contributed by atoms with Crippen LogP contribution in [0.4, 0.5) is 11.6 Å². The van der Waals surface area contributed by atoms with Crippen LogP contribution in [0.1, 0.15) is 45.9 Å². The van der Waals surface area contributed by atoms with Gasteiger partial charge < -0.3 is 11.1 Å². The molecular formula is C12H20N4. The van der Waals surface area contributed by atoms with Crippen molar-refractivity contribution in [1.82, 2.24) is 9.97 Å². The molecule has 1 aliphatic rings. The Labute approximate surface area is 96.7 Å². The van der Waals surface area contributed by atoms with Crippen molar-refractivity contribution < 1.29 is 0 Å². The minimum Gasteiger partial charge on any atom is -0.384 e. The third kappa shape index (κ3) is 2.43. The van der Waals surface area contributed by atoms with E-state index in [2.05, 4.69) is 36.1 Å². The first kappa shape index (κ1) is 11.2. The van der Waals surface area contributed by atoms with Crippen LogP contribution in [0.5, 0.6) is 0 Å². The molecule has 0 amide bonds. The normalized spacial score (nSPS) is 16.9. The van der Waals surface area contributed by atoms with E-state index in [1.807, 2.05) is 6.07 Å². The second-order valence-corrected chi connectivity index (χ2v) is 5.52. The maximum absolute atomic E-state index is 5.80. The molecule has 4 heteroatoms. The maximum Gasteiger partial charge on any atom is 0.138 e. The van der Waals surface area contributed by atoms with Gasteiger partial charge in [-0.3, -0.25) is 0 Å². The van der Waals surface area contributed by atoms with E-state index in [4.69, 9.17) is 5.73 Å². The third-order valence-corrected chi connectivity index (χ3v) is 2.87. The van der Waals surface area contributed by atoms with Gasteiger partial charge in [-0.1, -0.05) is 20.8 Å². The molecule has 1 aliphatic carbocycles. The van der Waals surface area contributed by atoms with Crippen molar-refractivity contribution >= 4 is 11.6 Å². The number of nitrogens with two attached hydrogens (primary N) is 1. The van der Waals surface area contributed by atoms with Crippen LogP contribution in [0.3, 0.4) is 0 Å². The van der Waals surface area contributed by atoms with Crippen LogP contribution in [0.15, 0.2) is 6.07 Å². The van der Waals surface area contributed by atoms with Crippen LogP contribution in [0.25, 0.3) is 0 Å². The molecule has 0 spiro atoms. The molecule has 1 fully saturated rings. The van der Waals surface area contributed by atoms with E-state index < -0.39 is 0 Å². The molecule has 1 heterocycles. The number of hydrogen-bond acceptors (Lipinski definition) is 4. The van der Waals surface area contributed by atoms with Crippen LogP contribution in [-0.2, 0) is 5.41 Å². The zero-order chi connectivity index (χ0) is 11.8. The Morgan fingerprint density at radius 3 is 2.50 bits per heavy atom. The van der Waals surface area contributed by atoms with Crippen molar-refractivity contribution in [2.45, 2.75) is 51.5 Å². The molecular weight excluding hydrogens is 200 g/mol. The molecule has 0 radical (unpaired) electrons. The summed E-state index contributed by atoms with van der Waals surface area (Å²) in [4.78, 5) is 8.81. The second-order valence-electron chi connectivity index (χ2n) is 5.52. The summed E-state index contributed by atoms with van der Waals surface area (Å²) in [5, 5.41) is 3.40. The van der Waals surface area contributed by atoms with Crippen LogP contribution in [-0.4, -0.2) is 16.0 Å². The van der Waals surface area contributed by atoms with Gasteiger partial charge >= 0.3 is 0 Å². The average molecular weight is 220 g/mol. The molecule has 0 aromatic carbocycles. The molecule has 4 nitrogen and oxygen atoms in total. The lowest BCUT2D eigenvalue weighted by Gasteiger charge is -2.27. The van der Waals surface area contributed by atoms with Gasteiger partial charge in [0.15, 0.2) is 0 Å². The summed E-state index contributed by atoms with van der Waals surface area (Å²) in [6.45, 7) is 6.28.